The van der Waals surface area contributed by atoms with Crippen LogP contribution in [0.5, 0.6) is 0 Å². The number of benzene rings is 1. The maximum atomic E-state index is 6.11. The Kier molecular flexibility index (Phi) is 5.97. The summed E-state index contributed by atoms with van der Waals surface area (Å²) >= 11 is 6.11. The normalized spacial score (nSPS) is 12.8. The summed E-state index contributed by atoms with van der Waals surface area (Å²) in [6.45, 7) is 7.59. The summed E-state index contributed by atoms with van der Waals surface area (Å²) in [5.74, 6) is 0.627. The second kappa shape index (κ2) is 7.01. The van der Waals surface area contributed by atoms with Crippen molar-refractivity contribution in [2.24, 2.45) is 11.7 Å². The summed E-state index contributed by atoms with van der Waals surface area (Å²) in [6, 6.07) is 6.31. The predicted molar refractivity (Wildman–Crippen MR) is 81.5 cm³/mol. The van der Waals surface area contributed by atoms with E-state index in [0.717, 1.165) is 24.4 Å². The van der Waals surface area contributed by atoms with Gasteiger partial charge in [-0.3, -0.25) is 0 Å². The average molecular weight is 269 g/mol. The number of nitrogens with zero attached hydrogens (tertiary/aromatic N) is 1. The van der Waals surface area contributed by atoms with Gasteiger partial charge in [-0.1, -0.05) is 38.4 Å². The second-order valence-corrected chi connectivity index (χ2v) is 5.86. The number of hydrogen-bond donors (Lipinski definition) is 1. The van der Waals surface area contributed by atoms with Gasteiger partial charge in [-0.05, 0) is 36.5 Å². The van der Waals surface area contributed by atoms with Crippen LogP contribution in [0, 0.1) is 5.92 Å². The molecule has 1 aromatic carbocycles. The van der Waals surface area contributed by atoms with E-state index >= 15 is 0 Å². The van der Waals surface area contributed by atoms with Gasteiger partial charge < -0.3 is 10.6 Å². The molecule has 18 heavy (non-hydrogen) atoms. The second-order valence-electron chi connectivity index (χ2n) is 5.42. The zero-order valence-electron chi connectivity index (χ0n) is 11.9. The van der Waals surface area contributed by atoms with E-state index in [1.54, 1.807) is 0 Å². The first-order valence-corrected chi connectivity index (χ1v) is 7.07. The van der Waals surface area contributed by atoms with Gasteiger partial charge in [0.25, 0.3) is 0 Å². The summed E-state index contributed by atoms with van der Waals surface area (Å²) in [7, 11) is 2.12. The molecule has 1 aromatic rings. The van der Waals surface area contributed by atoms with Crippen molar-refractivity contribution in [1.82, 2.24) is 0 Å². The lowest BCUT2D eigenvalue weighted by Crippen LogP contribution is -2.26. The first-order chi connectivity index (χ1) is 8.43. The molecule has 0 spiro atoms. The number of halogens is 1. The van der Waals surface area contributed by atoms with E-state index in [1.807, 2.05) is 12.1 Å². The molecule has 0 heterocycles. The van der Waals surface area contributed by atoms with Gasteiger partial charge in [-0.15, -0.1) is 0 Å². The van der Waals surface area contributed by atoms with Crippen LogP contribution < -0.4 is 10.6 Å². The fraction of sp³-hybridized carbons (Fsp3) is 0.600. The third-order valence-corrected chi connectivity index (χ3v) is 3.34. The van der Waals surface area contributed by atoms with Gasteiger partial charge >= 0.3 is 0 Å². The van der Waals surface area contributed by atoms with Crippen molar-refractivity contribution in [3.63, 3.8) is 0 Å². The smallest absolute Gasteiger partial charge is 0.0426 e. The SMILES string of the molecule is CCC(N)Cc1ccc(Cl)cc1N(C)CC(C)C. The predicted octanol–water partition coefficient (Wildman–Crippen LogP) is 3.71. The molecule has 102 valence electrons. The van der Waals surface area contributed by atoms with E-state index in [2.05, 4.69) is 38.8 Å². The molecule has 0 aliphatic rings. The lowest BCUT2D eigenvalue weighted by atomic mass is 10.0. The Morgan fingerprint density at radius 2 is 2.00 bits per heavy atom. The third-order valence-electron chi connectivity index (χ3n) is 3.10. The van der Waals surface area contributed by atoms with E-state index in [-0.39, 0.29) is 6.04 Å². The van der Waals surface area contributed by atoms with Gasteiger partial charge in [0.2, 0.25) is 0 Å². The van der Waals surface area contributed by atoms with Crippen LogP contribution in [0.3, 0.4) is 0 Å². The largest absolute Gasteiger partial charge is 0.374 e. The number of rotatable bonds is 6. The van der Waals surface area contributed by atoms with E-state index in [1.165, 1.54) is 11.3 Å². The Labute approximate surface area is 116 Å². The fourth-order valence-electron chi connectivity index (χ4n) is 2.14. The van der Waals surface area contributed by atoms with Crippen molar-refractivity contribution in [3.05, 3.63) is 28.8 Å². The van der Waals surface area contributed by atoms with Gasteiger partial charge in [0, 0.05) is 30.3 Å². The first-order valence-electron chi connectivity index (χ1n) is 6.69. The van der Waals surface area contributed by atoms with Crippen molar-refractivity contribution in [2.45, 2.75) is 39.7 Å². The molecule has 0 saturated carbocycles. The Balaban J connectivity index is 2.95. The molecule has 1 atom stereocenters. The minimum atomic E-state index is 0.220. The van der Waals surface area contributed by atoms with Crippen LogP contribution in [0.4, 0.5) is 5.69 Å². The molecule has 1 unspecified atom stereocenters. The van der Waals surface area contributed by atoms with Crippen molar-refractivity contribution in [2.75, 3.05) is 18.5 Å². The zero-order chi connectivity index (χ0) is 13.7. The number of hydrogen-bond acceptors (Lipinski definition) is 2. The maximum absolute atomic E-state index is 6.11. The quantitative estimate of drug-likeness (QED) is 0.852. The maximum Gasteiger partial charge on any atom is 0.0426 e. The van der Waals surface area contributed by atoms with Crippen molar-refractivity contribution >= 4 is 17.3 Å². The Hall–Kier alpha value is -0.730. The molecule has 0 bridgehead atoms. The van der Waals surface area contributed by atoms with Crippen LogP contribution in [0.2, 0.25) is 5.02 Å². The molecular weight excluding hydrogens is 244 g/mol. The Bertz CT molecular complexity index is 377. The minimum Gasteiger partial charge on any atom is -0.374 e. The molecule has 1 rings (SSSR count). The van der Waals surface area contributed by atoms with Crippen molar-refractivity contribution in [1.29, 1.82) is 0 Å². The Morgan fingerprint density at radius 3 is 2.56 bits per heavy atom. The molecule has 0 aliphatic heterocycles. The highest BCUT2D eigenvalue weighted by Gasteiger charge is 2.12. The van der Waals surface area contributed by atoms with Crippen molar-refractivity contribution in [3.8, 4) is 0 Å². The number of nitrogens with two attached hydrogens (primary N) is 1. The average Bonchev–Trinajstić information content (AvgIpc) is 2.30. The van der Waals surface area contributed by atoms with Crippen molar-refractivity contribution < 1.29 is 0 Å². The van der Waals surface area contributed by atoms with Gasteiger partial charge in [0.1, 0.15) is 0 Å². The zero-order valence-corrected chi connectivity index (χ0v) is 12.7. The highest BCUT2D eigenvalue weighted by Crippen LogP contribution is 2.26. The summed E-state index contributed by atoms with van der Waals surface area (Å²) in [5, 5.41) is 0.787. The summed E-state index contributed by atoms with van der Waals surface area (Å²) in [5.41, 5.74) is 8.56. The van der Waals surface area contributed by atoms with Gasteiger partial charge in [0.05, 0.1) is 0 Å². The minimum absolute atomic E-state index is 0.220. The summed E-state index contributed by atoms with van der Waals surface area (Å²) in [4.78, 5) is 2.27. The molecule has 0 amide bonds. The van der Waals surface area contributed by atoms with Crippen LogP contribution in [0.25, 0.3) is 0 Å². The van der Waals surface area contributed by atoms with E-state index in [0.29, 0.717) is 5.92 Å². The molecule has 2 N–H and O–H groups in total. The van der Waals surface area contributed by atoms with Crippen LogP contribution >= 0.6 is 11.6 Å². The molecule has 0 fully saturated rings. The molecule has 3 heteroatoms. The highest BCUT2D eigenvalue weighted by atomic mass is 35.5. The lowest BCUT2D eigenvalue weighted by Gasteiger charge is -2.25. The highest BCUT2D eigenvalue weighted by molar-refractivity contribution is 6.30. The van der Waals surface area contributed by atoms with Gasteiger partial charge in [-0.2, -0.15) is 0 Å². The molecule has 0 radical (unpaired) electrons. The van der Waals surface area contributed by atoms with Crippen LogP contribution in [-0.4, -0.2) is 19.6 Å². The lowest BCUT2D eigenvalue weighted by molar-refractivity contribution is 0.626. The first kappa shape index (κ1) is 15.3. The molecule has 0 saturated heterocycles. The molecule has 0 aliphatic carbocycles. The fourth-order valence-corrected chi connectivity index (χ4v) is 2.30. The topological polar surface area (TPSA) is 29.3 Å². The monoisotopic (exact) mass is 268 g/mol. The van der Waals surface area contributed by atoms with Crippen LogP contribution in [0.15, 0.2) is 18.2 Å². The van der Waals surface area contributed by atoms with Crippen LogP contribution in [0.1, 0.15) is 32.8 Å². The molecular formula is C15H25ClN2. The molecule has 2 nitrogen and oxygen atoms in total. The summed E-state index contributed by atoms with van der Waals surface area (Å²) < 4.78 is 0. The van der Waals surface area contributed by atoms with Gasteiger partial charge in [0.15, 0.2) is 0 Å². The van der Waals surface area contributed by atoms with E-state index in [4.69, 9.17) is 17.3 Å². The Morgan fingerprint density at radius 1 is 1.33 bits per heavy atom. The summed E-state index contributed by atoms with van der Waals surface area (Å²) in [6.07, 6.45) is 1.90. The standard InChI is InChI=1S/C15H25ClN2/c1-5-14(17)8-12-6-7-13(16)9-15(12)18(4)10-11(2)3/h6-7,9,11,14H,5,8,10,17H2,1-4H3. The third kappa shape index (κ3) is 4.51. The van der Waals surface area contributed by atoms with Crippen LogP contribution in [-0.2, 0) is 6.42 Å². The number of anilines is 1. The van der Waals surface area contributed by atoms with E-state index in [9.17, 15) is 0 Å². The molecule has 0 aromatic heterocycles. The van der Waals surface area contributed by atoms with Gasteiger partial charge in [-0.25, -0.2) is 0 Å². The van der Waals surface area contributed by atoms with E-state index < -0.39 is 0 Å².